The van der Waals surface area contributed by atoms with Crippen LogP contribution in [-0.4, -0.2) is 19.5 Å². The zero-order valence-electron chi connectivity index (χ0n) is 27.8. The summed E-state index contributed by atoms with van der Waals surface area (Å²) in [4.78, 5) is 10.3. The maximum Gasteiger partial charge on any atom is 0.145 e. The van der Waals surface area contributed by atoms with Crippen LogP contribution < -0.4 is 0 Å². The number of aromatic hydroxyl groups is 1. The number of aryl methyl sites for hydroxylation is 3. The Balaban J connectivity index is 1.50. The molecule has 3 heterocycles. The van der Waals surface area contributed by atoms with E-state index in [-0.39, 0.29) is 11.2 Å². The molecule has 0 bridgehead atoms. The summed E-state index contributed by atoms with van der Waals surface area (Å²) in [7, 11) is 0. The Morgan fingerprint density at radius 1 is 0.617 bits per heavy atom. The van der Waals surface area contributed by atoms with Gasteiger partial charge in [-0.15, -0.1) is 0 Å². The molecule has 0 saturated heterocycles. The normalized spacial score (nSPS) is 11.7. The molecule has 0 aliphatic heterocycles. The van der Waals surface area contributed by atoms with Crippen molar-refractivity contribution in [2.24, 2.45) is 0 Å². The topological polar surface area (TPSA) is 50.4 Å². The summed E-state index contributed by atoms with van der Waals surface area (Å²) in [6, 6.07) is 37.6. The molecule has 0 spiro atoms. The van der Waals surface area contributed by atoms with Crippen LogP contribution in [0.5, 0.6) is 5.75 Å². The number of fused-ring (bicyclic) bond motifs is 1. The molecule has 0 saturated carbocycles. The molecule has 232 valence electrons. The van der Waals surface area contributed by atoms with Crippen molar-refractivity contribution in [3.63, 3.8) is 0 Å². The van der Waals surface area contributed by atoms with Gasteiger partial charge in [0, 0.05) is 34.6 Å². The number of pyridine rings is 2. The number of aromatic nitrogens is 3. The highest BCUT2D eigenvalue weighted by molar-refractivity contribution is 5.91. The quantitative estimate of drug-likeness (QED) is 0.210. The molecule has 4 heteroatoms. The number of hydrogen-bond donors (Lipinski definition) is 1. The SMILES string of the molecule is Cc1cnc(-c2cc(-c3cccn4c(-c5c(C)cccc5C)c(-c5ccccc5O)nc34)cc(C(C)(C)C)c2)cc1-c1ccccc1. The number of benzene rings is 4. The molecule has 4 nitrogen and oxygen atoms in total. The standard InChI is InChI=1S/C43H39N3O/c1-27-14-12-15-28(2)39(27)41-40(35-18-10-11-20-38(35)47)45-42-34(19-13-21-46(41)42)31-22-32(24-33(23-31)43(4,5)6)37-25-36(29(3)26-44-37)30-16-8-7-9-17-30/h7-26,47H,1-6H3. The van der Waals surface area contributed by atoms with Crippen molar-refractivity contribution in [1.82, 2.24) is 14.4 Å². The van der Waals surface area contributed by atoms with E-state index >= 15 is 0 Å². The average molecular weight is 614 g/mol. The summed E-state index contributed by atoms with van der Waals surface area (Å²) >= 11 is 0. The zero-order chi connectivity index (χ0) is 32.9. The van der Waals surface area contributed by atoms with E-state index in [0.717, 1.165) is 61.7 Å². The monoisotopic (exact) mass is 613 g/mol. The Labute approximate surface area is 277 Å². The number of hydrogen-bond acceptors (Lipinski definition) is 3. The van der Waals surface area contributed by atoms with Gasteiger partial charge in [-0.05, 0) is 108 Å². The molecule has 3 aromatic heterocycles. The third kappa shape index (κ3) is 5.50. The lowest BCUT2D eigenvalue weighted by Gasteiger charge is -2.22. The minimum Gasteiger partial charge on any atom is -0.507 e. The van der Waals surface area contributed by atoms with Gasteiger partial charge < -0.3 is 5.11 Å². The smallest absolute Gasteiger partial charge is 0.145 e. The Morgan fingerprint density at radius 2 is 1.30 bits per heavy atom. The van der Waals surface area contributed by atoms with Crippen LogP contribution in [0.2, 0.25) is 0 Å². The summed E-state index contributed by atoms with van der Waals surface area (Å²) in [5, 5.41) is 11.0. The molecule has 0 aliphatic rings. The molecule has 47 heavy (non-hydrogen) atoms. The molecule has 0 radical (unpaired) electrons. The van der Waals surface area contributed by atoms with Crippen molar-refractivity contribution < 1.29 is 5.11 Å². The Hall–Kier alpha value is -5.48. The van der Waals surface area contributed by atoms with Crippen LogP contribution in [0.1, 0.15) is 43.0 Å². The Morgan fingerprint density at radius 3 is 2.02 bits per heavy atom. The van der Waals surface area contributed by atoms with E-state index in [9.17, 15) is 5.11 Å². The molecule has 0 atom stereocenters. The number of phenols is 1. The Bertz CT molecular complexity index is 2250. The van der Waals surface area contributed by atoms with Crippen LogP contribution in [0, 0.1) is 20.8 Å². The minimum absolute atomic E-state index is 0.0946. The van der Waals surface area contributed by atoms with E-state index in [1.807, 2.05) is 30.5 Å². The molecule has 7 aromatic rings. The second kappa shape index (κ2) is 11.7. The highest BCUT2D eigenvalue weighted by atomic mass is 16.3. The third-order valence-electron chi connectivity index (χ3n) is 9.12. The van der Waals surface area contributed by atoms with E-state index in [1.165, 1.54) is 16.7 Å². The van der Waals surface area contributed by atoms with Gasteiger partial charge in [0.25, 0.3) is 0 Å². The van der Waals surface area contributed by atoms with Crippen LogP contribution in [0.25, 0.3) is 61.7 Å². The highest BCUT2D eigenvalue weighted by Gasteiger charge is 2.24. The van der Waals surface area contributed by atoms with Gasteiger partial charge in [-0.25, -0.2) is 4.98 Å². The summed E-state index contributed by atoms with van der Waals surface area (Å²) in [5.74, 6) is 0.210. The van der Waals surface area contributed by atoms with Gasteiger partial charge in [0.15, 0.2) is 0 Å². The fraction of sp³-hybridized carbons (Fsp3) is 0.163. The van der Waals surface area contributed by atoms with Crippen LogP contribution >= 0.6 is 0 Å². The predicted octanol–water partition coefficient (Wildman–Crippen LogP) is 11.0. The van der Waals surface area contributed by atoms with Crippen LogP contribution in [-0.2, 0) is 5.41 Å². The van der Waals surface area contributed by atoms with Gasteiger partial charge in [0.2, 0.25) is 0 Å². The second-order valence-electron chi connectivity index (χ2n) is 13.5. The maximum absolute atomic E-state index is 11.0. The zero-order valence-corrected chi connectivity index (χ0v) is 27.8. The van der Waals surface area contributed by atoms with Gasteiger partial charge in [-0.1, -0.05) is 87.5 Å². The lowest BCUT2D eigenvalue weighted by Crippen LogP contribution is -2.11. The first-order valence-corrected chi connectivity index (χ1v) is 16.1. The van der Waals surface area contributed by atoms with Crippen LogP contribution in [0.3, 0.4) is 0 Å². The van der Waals surface area contributed by atoms with Crippen molar-refractivity contribution in [3.05, 3.63) is 144 Å². The summed E-state index contributed by atoms with van der Waals surface area (Å²) in [6.45, 7) is 13.1. The number of nitrogens with zero attached hydrogens (tertiary/aromatic N) is 3. The van der Waals surface area contributed by atoms with Crippen LogP contribution in [0.15, 0.2) is 122 Å². The van der Waals surface area contributed by atoms with Crippen molar-refractivity contribution in [3.8, 4) is 61.8 Å². The fourth-order valence-corrected chi connectivity index (χ4v) is 6.56. The van der Waals surface area contributed by atoms with E-state index in [2.05, 4.69) is 131 Å². The number of para-hydroxylation sites is 1. The summed E-state index contributed by atoms with van der Waals surface area (Å²) < 4.78 is 2.19. The first-order valence-electron chi connectivity index (χ1n) is 16.1. The second-order valence-corrected chi connectivity index (χ2v) is 13.5. The molecule has 0 unspecified atom stereocenters. The Kier molecular flexibility index (Phi) is 7.52. The van der Waals surface area contributed by atoms with Crippen molar-refractivity contribution in [2.45, 2.75) is 47.0 Å². The summed E-state index contributed by atoms with van der Waals surface area (Å²) in [5.41, 5.74) is 15.4. The molecule has 1 N–H and O–H groups in total. The minimum atomic E-state index is -0.0946. The highest BCUT2D eigenvalue weighted by Crippen LogP contribution is 2.42. The molecule has 4 aromatic carbocycles. The number of rotatable bonds is 5. The average Bonchev–Trinajstić information content (AvgIpc) is 3.44. The largest absolute Gasteiger partial charge is 0.507 e. The van der Waals surface area contributed by atoms with Gasteiger partial charge in [0.05, 0.1) is 11.4 Å². The molecule has 0 amide bonds. The van der Waals surface area contributed by atoms with Crippen molar-refractivity contribution in [2.75, 3.05) is 0 Å². The molecule has 0 aliphatic carbocycles. The van der Waals surface area contributed by atoms with Gasteiger partial charge in [-0.2, -0.15) is 0 Å². The van der Waals surface area contributed by atoms with Crippen molar-refractivity contribution >= 4 is 5.65 Å². The molecule has 7 rings (SSSR count). The molecular formula is C43H39N3O. The number of imidazole rings is 1. The fourth-order valence-electron chi connectivity index (χ4n) is 6.56. The first-order chi connectivity index (χ1) is 22.6. The molecular weight excluding hydrogens is 574 g/mol. The van der Waals surface area contributed by atoms with Gasteiger partial charge in [-0.3, -0.25) is 9.38 Å². The predicted molar refractivity (Wildman–Crippen MR) is 195 cm³/mol. The van der Waals surface area contributed by atoms with E-state index in [4.69, 9.17) is 9.97 Å². The summed E-state index contributed by atoms with van der Waals surface area (Å²) in [6.07, 6.45) is 4.06. The van der Waals surface area contributed by atoms with Gasteiger partial charge in [0.1, 0.15) is 17.1 Å². The van der Waals surface area contributed by atoms with Crippen LogP contribution in [0.4, 0.5) is 0 Å². The third-order valence-corrected chi connectivity index (χ3v) is 9.12. The lowest BCUT2D eigenvalue weighted by molar-refractivity contribution is 0.477. The van der Waals surface area contributed by atoms with E-state index in [0.29, 0.717) is 5.56 Å². The van der Waals surface area contributed by atoms with E-state index < -0.39 is 0 Å². The van der Waals surface area contributed by atoms with E-state index in [1.54, 1.807) is 6.07 Å². The number of phenolic OH excluding ortho intramolecular Hbond substituents is 1. The molecule has 0 fully saturated rings. The van der Waals surface area contributed by atoms with Crippen molar-refractivity contribution in [1.29, 1.82) is 0 Å². The first kappa shape index (κ1) is 30.2. The maximum atomic E-state index is 11.0. The lowest BCUT2D eigenvalue weighted by atomic mass is 9.83. The van der Waals surface area contributed by atoms with Gasteiger partial charge >= 0.3 is 0 Å².